The minimum atomic E-state index is -0.630. The molecule has 5 atom stereocenters. The highest BCUT2D eigenvalue weighted by molar-refractivity contribution is 6.31. The fourth-order valence-corrected chi connectivity index (χ4v) is 8.42. The van der Waals surface area contributed by atoms with E-state index < -0.39 is 11.6 Å². The Kier molecular flexibility index (Phi) is 7.34. The van der Waals surface area contributed by atoms with E-state index in [2.05, 4.69) is 5.32 Å². The Labute approximate surface area is 260 Å². The standard InChI is InChI=1S/C36H35ClN2O5/c1-44-35(42)32-29(33(40)27-12-11-25(37)18-31(27)39(32)26-5-3-2-4-6-26)16-21-7-9-23(10-8-21)34(41)38-30-13-14-36(43)19-22-15-24(20-36)28(30)17-22/h2-12,18,22,24,28,30,43H,13-17,19-20H2,1H3,(H,38,41)/t22-,24?,28+,30-,36+/m1/s1. The van der Waals surface area contributed by atoms with Gasteiger partial charge in [-0.15, -0.1) is 0 Å². The molecule has 3 saturated carbocycles. The van der Waals surface area contributed by atoms with Crippen molar-refractivity contribution in [2.24, 2.45) is 17.8 Å². The molecule has 2 N–H and O–H groups in total. The highest BCUT2D eigenvalue weighted by atomic mass is 35.5. The van der Waals surface area contributed by atoms with Gasteiger partial charge in [-0.3, -0.25) is 9.59 Å². The Morgan fingerprint density at radius 1 is 1.05 bits per heavy atom. The van der Waals surface area contributed by atoms with E-state index in [0.717, 1.165) is 44.1 Å². The average molecular weight is 611 g/mol. The van der Waals surface area contributed by atoms with Crippen molar-refractivity contribution >= 4 is 34.4 Å². The summed E-state index contributed by atoms with van der Waals surface area (Å²) < 4.78 is 6.92. The molecule has 226 valence electrons. The first kappa shape index (κ1) is 28.8. The van der Waals surface area contributed by atoms with Gasteiger partial charge in [0.1, 0.15) is 5.69 Å². The summed E-state index contributed by atoms with van der Waals surface area (Å²) in [6.07, 6.45) is 5.71. The number of carbonyl (C=O) groups excluding carboxylic acids is 2. The molecular weight excluding hydrogens is 576 g/mol. The molecule has 8 heteroatoms. The number of hydrogen-bond donors (Lipinski definition) is 2. The lowest BCUT2D eigenvalue weighted by Crippen LogP contribution is -2.41. The average Bonchev–Trinajstić information content (AvgIpc) is 3.29. The molecule has 0 saturated heterocycles. The van der Waals surface area contributed by atoms with Crippen LogP contribution in [0.4, 0.5) is 0 Å². The molecule has 7 nitrogen and oxygen atoms in total. The number of hydrogen-bond acceptors (Lipinski definition) is 5. The molecule has 44 heavy (non-hydrogen) atoms. The zero-order valence-electron chi connectivity index (χ0n) is 24.6. The van der Waals surface area contributed by atoms with Crippen LogP contribution >= 0.6 is 11.6 Å². The summed E-state index contributed by atoms with van der Waals surface area (Å²) in [6, 6.07) is 21.6. The van der Waals surface area contributed by atoms with E-state index in [1.54, 1.807) is 34.9 Å². The topological polar surface area (TPSA) is 97.6 Å². The van der Waals surface area contributed by atoms with E-state index in [9.17, 15) is 19.5 Å². The van der Waals surface area contributed by atoms with Crippen LogP contribution in [0.3, 0.4) is 0 Å². The number of pyridine rings is 1. The van der Waals surface area contributed by atoms with Crippen molar-refractivity contribution in [2.75, 3.05) is 7.11 Å². The van der Waals surface area contributed by atoms with Crippen LogP contribution in [0.5, 0.6) is 0 Å². The second kappa shape index (κ2) is 11.2. The molecule has 3 aliphatic carbocycles. The summed E-state index contributed by atoms with van der Waals surface area (Å²) in [4.78, 5) is 40.6. The molecule has 0 radical (unpaired) electrons. The number of rotatable bonds is 6. The lowest BCUT2D eigenvalue weighted by molar-refractivity contribution is -0.0247. The predicted molar refractivity (Wildman–Crippen MR) is 170 cm³/mol. The first-order valence-electron chi connectivity index (χ1n) is 15.4. The Hall–Kier alpha value is -3.94. The first-order chi connectivity index (χ1) is 21.2. The maximum absolute atomic E-state index is 13.9. The molecule has 1 heterocycles. The van der Waals surface area contributed by atoms with Gasteiger partial charge in [0, 0.05) is 39.7 Å². The molecule has 3 aliphatic rings. The number of amides is 1. The van der Waals surface area contributed by atoms with Crippen LogP contribution in [0.15, 0.2) is 77.6 Å². The molecule has 0 aliphatic heterocycles. The number of halogens is 1. The van der Waals surface area contributed by atoms with Gasteiger partial charge in [0.2, 0.25) is 0 Å². The number of nitrogens with zero attached hydrogens (tertiary/aromatic N) is 1. The van der Waals surface area contributed by atoms with Gasteiger partial charge in [-0.25, -0.2) is 4.79 Å². The first-order valence-corrected chi connectivity index (χ1v) is 15.7. The van der Waals surface area contributed by atoms with E-state index in [1.807, 2.05) is 42.5 Å². The van der Waals surface area contributed by atoms with Gasteiger partial charge in [-0.2, -0.15) is 0 Å². The number of methoxy groups -OCH3 is 1. The normalized spacial score (nSPS) is 25.5. The summed E-state index contributed by atoms with van der Waals surface area (Å²) in [5, 5.41) is 15.2. The molecular formula is C36H35ClN2O5. The fourth-order valence-electron chi connectivity index (χ4n) is 8.26. The summed E-state index contributed by atoms with van der Waals surface area (Å²) >= 11 is 6.34. The van der Waals surface area contributed by atoms with Crippen molar-refractivity contribution in [2.45, 2.75) is 56.6 Å². The number of ether oxygens (including phenoxy) is 1. The maximum atomic E-state index is 13.9. The van der Waals surface area contributed by atoms with Crippen molar-refractivity contribution in [1.82, 2.24) is 9.88 Å². The lowest BCUT2D eigenvalue weighted by Gasteiger charge is -2.35. The molecule has 3 bridgehead atoms. The van der Waals surface area contributed by atoms with Gasteiger partial charge in [0.25, 0.3) is 5.91 Å². The Balaban J connectivity index is 1.20. The van der Waals surface area contributed by atoms with Crippen LogP contribution < -0.4 is 10.7 Å². The van der Waals surface area contributed by atoms with Gasteiger partial charge in [0.15, 0.2) is 5.43 Å². The third-order valence-electron chi connectivity index (χ3n) is 10.1. The third-order valence-corrected chi connectivity index (χ3v) is 10.4. The maximum Gasteiger partial charge on any atom is 0.355 e. The van der Waals surface area contributed by atoms with Gasteiger partial charge in [-0.1, -0.05) is 41.9 Å². The van der Waals surface area contributed by atoms with Crippen LogP contribution in [-0.2, 0) is 11.2 Å². The van der Waals surface area contributed by atoms with E-state index >= 15 is 0 Å². The summed E-state index contributed by atoms with van der Waals surface area (Å²) in [5.74, 6) is 0.715. The van der Waals surface area contributed by atoms with Crippen molar-refractivity contribution < 1.29 is 19.4 Å². The van der Waals surface area contributed by atoms with Gasteiger partial charge in [0.05, 0.1) is 18.2 Å². The van der Waals surface area contributed by atoms with Gasteiger partial charge >= 0.3 is 5.97 Å². The minimum absolute atomic E-state index is 0.0664. The largest absolute Gasteiger partial charge is 0.464 e. The summed E-state index contributed by atoms with van der Waals surface area (Å²) in [5.41, 5.74) is 2.13. The molecule has 1 unspecified atom stereocenters. The zero-order valence-corrected chi connectivity index (χ0v) is 25.3. The predicted octanol–water partition coefficient (Wildman–Crippen LogP) is 6.08. The van der Waals surface area contributed by atoms with Crippen molar-refractivity contribution in [1.29, 1.82) is 0 Å². The number of para-hydroxylation sites is 1. The van der Waals surface area contributed by atoms with Crippen molar-refractivity contribution in [3.8, 4) is 5.69 Å². The van der Waals surface area contributed by atoms with Gasteiger partial charge in [-0.05, 0) is 104 Å². The number of fused-ring (bicyclic) bond motifs is 3. The fraction of sp³-hybridized carbons (Fsp3) is 0.361. The molecule has 3 fully saturated rings. The van der Waals surface area contributed by atoms with Crippen molar-refractivity contribution in [3.05, 3.63) is 110 Å². The molecule has 1 aromatic heterocycles. The van der Waals surface area contributed by atoms with Crippen LogP contribution in [0.2, 0.25) is 5.02 Å². The summed E-state index contributed by atoms with van der Waals surface area (Å²) in [6.45, 7) is 0. The SMILES string of the molecule is COC(=O)c1c(Cc2ccc(C(=O)N[C@@H]3CC[C@@]4(O)CC5C[C@H](C[C@@H]53)C4)cc2)c(=O)c2ccc(Cl)cc2n1-c1ccccc1. The monoisotopic (exact) mass is 610 g/mol. The Morgan fingerprint density at radius 2 is 1.82 bits per heavy atom. The zero-order chi connectivity index (χ0) is 30.6. The molecule has 0 spiro atoms. The second-order valence-corrected chi connectivity index (χ2v) is 13.3. The van der Waals surface area contributed by atoms with E-state index in [-0.39, 0.29) is 29.5 Å². The highest BCUT2D eigenvalue weighted by Crippen LogP contribution is 2.55. The smallest absolute Gasteiger partial charge is 0.355 e. The van der Waals surface area contributed by atoms with E-state index in [0.29, 0.717) is 50.5 Å². The number of nitrogens with one attached hydrogen (secondary N) is 1. The number of aliphatic hydroxyl groups is 1. The highest BCUT2D eigenvalue weighted by Gasteiger charge is 2.52. The van der Waals surface area contributed by atoms with E-state index in [4.69, 9.17) is 16.3 Å². The molecule has 1 amide bonds. The van der Waals surface area contributed by atoms with E-state index in [1.165, 1.54) is 7.11 Å². The van der Waals surface area contributed by atoms with Crippen LogP contribution in [0, 0.1) is 17.8 Å². The number of aromatic nitrogens is 1. The molecule has 3 aromatic carbocycles. The third kappa shape index (κ3) is 5.12. The Morgan fingerprint density at radius 3 is 2.57 bits per heavy atom. The number of benzene rings is 3. The number of esters is 1. The minimum Gasteiger partial charge on any atom is -0.464 e. The second-order valence-electron chi connectivity index (χ2n) is 12.9. The molecule has 7 rings (SSSR count). The van der Waals surface area contributed by atoms with Crippen LogP contribution in [0.25, 0.3) is 16.6 Å². The van der Waals surface area contributed by atoms with Crippen molar-refractivity contribution in [3.63, 3.8) is 0 Å². The number of carbonyl (C=O) groups is 2. The lowest BCUT2D eigenvalue weighted by atomic mass is 9.76. The van der Waals surface area contributed by atoms with Gasteiger partial charge < -0.3 is 19.7 Å². The Bertz CT molecular complexity index is 1820. The van der Waals surface area contributed by atoms with Crippen LogP contribution in [0.1, 0.15) is 70.5 Å². The molecule has 4 aromatic rings. The summed E-state index contributed by atoms with van der Waals surface area (Å²) in [7, 11) is 1.30. The quantitative estimate of drug-likeness (QED) is 0.258. The van der Waals surface area contributed by atoms with Crippen LogP contribution in [-0.4, -0.2) is 40.3 Å².